The molecule has 5 nitrogen and oxygen atoms in total. The molecule has 0 radical (unpaired) electrons. The standard InChI is InChI=1S/C21H20N2O3/c1-3-26-19-11-8-15(12-20(19)25-2)14-22-23-21(24)18-10-9-16-6-4-5-7-17(16)13-18/h4-14H,3H2,1-2H3,(H,23,24)/b22-14-. The predicted molar refractivity (Wildman–Crippen MR) is 103 cm³/mol. The number of fused-ring (bicyclic) bond motifs is 1. The molecule has 0 unspecified atom stereocenters. The Kier molecular flexibility index (Phi) is 5.49. The molecule has 132 valence electrons. The van der Waals surface area contributed by atoms with Crippen LogP contribution in [0.5, 0.6) is 11.5 Å². The number of carbonyl (C=O) groups excluding carboxylic acids is 1. The second kappa shape index (κ2) is 8.16. The zero-order valence-corrected chi connectivity index (χ0v) is 14.7. The number of nitrogens with one attached hydrogen (secondary N) is 1. The molecule has 0 atom stereocenters. The van der Waals surface area contributed by atoms with Crippen LogP contribution in [0.1, 0.15) is 22.8 Å². The molecule has 0 saturated carbocycles. The molecule has 1 N–H and O–H groups in total. The van der Waals surface area contributed by atoms with Gasteiger partial charge in [-0.3, -0.25) is 4.79 Å². The normalized spacial score (nSPS) is 10.8. The first-order chi connectivity index (χ1) is 12.7. The van der Waals surface area contributed by atoms with Crippen LogP contribution < -0.4 is 14.9 Å². The molecule has 0 bridgehead atoms. The third kappa shape index (κ3) is 4.00. The quantitative estimate of drug-likeness (QED) is 0.541. The lowest BCUT2D eigenvalue weighted by Crippen LogP contribution is -2.17. The lowest BCUT2D eigenvalue weighted by atomic mass is 10.1. The molecule has 0 aliphatic rings. The van der Waals surface area contributed by atoms with Crippen LogP contribution in [0.25, 0.3) is 10.8 Å². The maximum absolute atomic E-state index is 12.3. The van der Waals surface area contributed by atoms with Crippen molar-refractivity contribution in [3.8, 4) is 11.5 Å². The highest BCUT2D eigenvalue weighted by Gasteiger charge is 2.06. The minimum atomic E-state index is -0.259. The Labute approximate surface area is 152 Å². The number of benzene rings is 3. The van der Waals surface area contributed by atoms with Crippen LogP contribution in [0.15, 0.2) is 65.8 Å². The number of methoxy groups -OCH3 is 1. The fourth-order valence-electron chi connectivity index (χ4n) is 2.60. The molecule has 0 aliphatic carbocycles. The van der Waals surface area contributed by atoms with Crippen LogP contribution in [0.3, 0.4) is 0 Å². The van der Waals surface area contributed by atoms with E-state index < -0.39 is 0 Å². The zero-order chi connectivity index (χ0) is 18.4. The average Bonchev–Trinajstić information content (AvgIpc) is 2.68. The molecule has 0 heterocycles. The van der Waals surface area contributed by atoms with Gasteiger partial charge in [0.05, 0.1) is 19.9 Å². The number of nitrogens with zero attached hydrogens (tertiary/aromatic N) is 1. The molecular formula is C21H20N2O3. The first-order valence-electron chi connectivity index (χ1n) is 8.34. The Morgan fingerprint density at radius 1 is 1.04 bits per heavy atom. The number of hydrogen-bond donors (Lipinski definition) is 1. The highest BCUT2D eigenvalue weighted by molar-refractivity contribution is 5.99. The summed E-state index contributed by atoms with van der Waals surface area (Å²) in [5, 5.41) is 6.13. The van der Waals surface area contributed by atoms with Crippen molar-refractivity contribution in [3.63, 3.8) is 0 Å². The molecule has 26 heavy (non-hydrogen) atoms. The van der Waals surface area contributed by atoms with Gasteiger partial charge in [-0.15, -0.1) is 0 Å². The molecule has 5 heteroatoms. The van der Waals surface area contributed by atoms with Gasteiger partial charge in [0.2, 0.25) is 0 Å². The van der Waals surface area contributed by atoms with Gasteiger partial charge in [-0.1, -0.05) is 30.3 Å². The third-order valence-electron chi connectivity index (χ3n) is 3.88. The van der Waals surface area contributed by atoms with Crippen molar-refractivity contribution < 1.29 is 14.3 Å². The zero-order valence-electron chi connectivity index (χ0n) is 14.7. The summed E-state index contributed by atoms with van der Waals surface area (Å²) in [4.78, 5) is 12.3. The Morgan fingerprint density at radius 3 is 2.62 bits per heavy atom. The van der Waals surface area contributed by atoms with E-state index in [9.17, 15) is 4.79 Å². The van der Waals surface area contributed by atoms with Gasteiger partial charge in [-0.2, -0.15) is 5.10 Å². The van der Waals surface area contributed by atoms with Crippen molar-refractivity contribution in [2.75, 3.05) is 13.7 Å². The average molecular weight is 348 g/mol. The van der Waals surface area contributed by atoms with Crippen LogP contribution >= 0.6 is 0 Å². The highest BCUT2D eigenvalue weighted by Crippen LogP contribution is 2.27. The number of ether oxygens (including phenoxy) is 2. The fourth-order valence-corrected chi connectivity index (χ4v) is 2.60. The maximum atomic E-state index is 12.3. The second-order valence-corrected chi connectivity index (χ2v) is 5.60. The summed E-state index contributed by atoms with van der Waals surface area (Å²) in [6, 6.07) is 18.9. The summed E-state index contributed by atoms with van der Waals surface area (Å²) in [5.74, 6) is 1.04. The Bertz CT molecular complexity index is 951. The van der Waals surface area contributed by atoms with Crippen molar-refractivity contribution in [3.05, 3.63) is 71.8 Å². The molecule has 3 aromatic carbocycles. The van der Waals surface area contributed by atoms with Gasteiger partial charge in [0.25, 0.3) is 5.91 Å². The number of hydrogen-bond acceptors (Lipinski definition) is 4. The largest absolute Gasteiger partial charge is 0.493 e. The van der Waals surface area contributed by atoms with E-state index in [1.807, 2.05) is 55.5 Å². The van der Waals surface area contributed by atoms with Crippen LogP contribution in [-0.2, 0) is 0 Å². The second-order valence-electron chi connectivity index (χ2n) is 5.60. The first-order valence-corrected chi connectivity index (χ1v) is 8.34. The van der Waals surface area contributed by atoms with Crippen LogP contribution in [0.4, 0.5) is 0 Å². The Morgan fingerprint density at radius 2 is 1.85 bits per heavy atom. The predicted octanol–water partition coefficient (Wildman–Crippen LogP) is 4.01. The van der Waals surface area contributed by atoms with Crippen LogP contribution in [0.2, 0.25) is 0 Å². The number of hydrazone groups is 1. The van der Waals surface area contributed by atoms with E-state index in [4.69, 9.17) is 9.47 Å². The van der Waals surface area contributed by atoms with Gasteiger partial charge in [-0.05, 0) is 53.6 Å². The van der Waals surface area contributed by atoms with Crippen molar-refractivity contribution >= 4 is 22.9 Å². The number of amides is 1. The van der Waals surface area contributed by atoms with E-state index in [0.717, 1.165) is 16.3 Å². The molecule has 0 saturated heterocycles. The molecule has 0 aliphatic heterocycles. The Balaban J connectivity index is 1.70. The third-order valence-corrected chi connectivity index (χ3v) is 3.88. The first kappa shape index (κ1) is 17.5. The van der Waals surface area contributed by atoms with Gasteiger partial charge in [-0.25, -0.2) is 5.43 Å². The molecule has 1 amide bonds. The van der Waals surface area contributed by atoms with E-state index in [2.05, 4.69) is 10.5 Å². The Hall–Kier alpha value is -3.34. The molecular weight excluding hydrogens is 328 g/mol. The molecule has 0 fully saturated rings. The summed E-state index contributed by atoms with van der Waals surface area (Å²) in [5.41, 5.74) is 3.90. The van der Waals surface area contributed by atoms with Gasteiger partial charge < -0.3 is 9.47 Å². The smallest absolute Gasteiger partial charge is 0.271 e. The summed E-state index contributed by atoms with van der Waals surface area (Å²) >= 11 is 0. The van der Waals surface area contributed by atoms with Crippen molar-refractivity contribution in [2.45, 2.75) is 6.92 Å². The molecule has 0 aromatic heterocycles. The van der Waals surface area contributed by atoms with Crippen LogP contribution in [-0.4, -0.2) is 25.8 Å². The molecule has 3 aromatic rings. The fraction of sp³-hybridized carbons (Fsp3) is 0.143. The van der Waals surface area contributed by atoms with Gasteiger partial charge in [0, 0.05) is 5.56 Å². The molecule has 0 spiro atoms. The van der Waals surface area contributed by atoms with E-state index in [-0.39, 0.29) is 5.91 Å². The summed E-state index contributed by atoms with van der Waals surface area (Å²) in [7, 11) is 1.58. The van der Waals surface area contributed by atoms with Crippen molar-refractivity contribution in [2.24, 2.45) is 5.10 Å². The number of rotatable bonds is 6. The van der Waals surface area contributed by atoms with Crippen molar-refractivity contribution in [1.29, 1.82) is 0 Å². The lowest BCUT2D eigenvalue weighted by molar-refractivity contribution is 0.0955. The summed E-state index contributed by atoms with van der Waals surface area (Å²) in [6.07, 6.45) is 1.57. The van der Waals surface area contributed by atoms with Crippen molar-refractivity contribution in [1.82, 2.24) is 5.43 Å². The maximum Gasteiger partial charge on any atom is 0.271 e. The monoisotopic (exact) mass is 348 g/mol. The molecule has 3 rings (SSSR count). The number of carbonyl (C=O) groups is 1. The SMILES string of the molecule is CCOc1ccc(/C=N\NC(=O)c2ccc3ccccc3c2)cc1OC. The van der Waals surface area contributed by atoms with E-state index >= 15 is 0 Å². The van der Waals surface area contributed by atoms with Gasteiger partial charge in [0.15, 0.2) is 11.5 Å². The van der Waals surface area contributed by atoms with Crippen LogP contribution in [0, 0.1) is 0 Å². The topological polar surface area (TPSA) is 59.9 Å². The minimum Gasteiger partial charge on any atom is -0.493 e. The lowest BCUT2D eigenvalue weighted by Gasteiger charge is -2.09. The van der Waals surface area contributed by atoms with Gasteiger partial charge in [0.1, 0.15) is 0 Å². The van der Waals surface area contributed by atoms with E-state index in [1.165, 1.54) is 0 Å². The summed E-state index contributed by atoms with van der Waals surface area (Å²) < 4.78 is 10.8. The summed E-state index contributed by atoms with van der Waals surface area (Å²) in [6.45, 7) is 2.47. The van der Waals surface area contributed by atoms with E-state index in [1.54, 1.807) is 25.5 Å². The minimum absolute atomic E-state index is 0.259. The highest BCUT2D eigenvalue weighted by atomic mass is 16.5. The van der Waals surface area contributed by atoms with Gasteiger partial charge >= 0.3 is 0 Å². The van der Waals surface area contributed by atoms with E-state index in [0.29, 0.717) is 23.7 Å².